The van der Waals surface area contributed by atoms with Crippen LogP contribution >= 0.6 is 24.8 Å². The summed E-state index contributed by atoms with van der Waals surface area (Å²) in [6, 6.07) is 18.8. The third-order valence-electron chi connectivity index (χ3n) is 5.35. The Kier molecular flexibility index (Phi) is 5.06. The van der Waals surface area contributed by atoms with Gasteiger partial charge in [0.2, 0.25) is 0 Å². The van der Waals surface area contributed by atoms with Crippen molar-refractivity contribution < 1.29 is 0 Å². The van der Waals surface area contributed by atoms with Crippen molar-refractivity contribution >= 4 is 24.8 Å². The Morgan fingerprint density at radius 3 is 1.68 bits per heavy atom. The van der Waals surface area contributed by atoms with Crippen LogP contribution in [0.5, 0.6) is 0 Å². The number of fused-ring (bicyclic) bond motifs is 1. The van der Waals surface area contributed by atoms with E-state index >= 15 is 0 Å². The van der Waals surface area contributed by atoms with E-state index < -0.39 is 11.1 Å². The van der Waals surface area contributed by atoms with Crippen molar-refractivity contribution in [1.29, 1.82) is 0 Å². The van der Waals surface area contributed by atoms with Crippen LogP contribution in [0.1, 0.15) is 37.5 Å². The minimum Gasteiger partial charge on any atom is -0.312 e. The van der Waals surface area contributed by atoms with Crippen molar-refractivity contribution in [2.24, 2.45) is 11.5 Å². The Labute approximate surface area is 145 Å². The molecule has 2 nitrogen and oxygen atoms in total. The third kappa shape index (κ3) is 2.10. The van der Waals surface area contributed by atoms with Crippen LogP contribution in [0, 0.1) is 0 Å². The first kappa shape index (κ1) is 19.0. The topological polar surface area (TPSA) is 52.0 Å². The molecule has 1 aliphatic rings. The van der Waals surface area contributed by atoms with Crippen molar-refractivity contribution in [2.75, 3.05) is 0 Å². The molecule has 4 heteroatoms. The molecule has 0 saturated heterocycles. The van der Waals surface area contributed by atoms with Gasteiger partial charge in [0.25, 0.3) is 0 Å². The molecule has 0 aromatic heterocycles. The number of benzene rings is 2. The van der Waals surface area contributed by atoms with Gasteiger partial charge < -0.3 is 11.5 Å². The summed E-state index contributed by atoms with van der Waals surface area (Å²) in [6.07, 6.45) is 0. The van der Waals surface area contributed by atoms with Gasteiger partial charge in [-0.05, 0) is 23.6 Å². The van der Waals surface area contributed by atoms with E-state index in [0.29, 0.717) is 0 Å². The van der Waals surface area contributed by atoms with E-state index in [-0.39, 0.29) is 30.2 Å². The maximum atomic E-state index is 6.69. The predicted octanol–water partition coefficient (Wildman–Crippen LogP) is 3.74. The molecule has 22 heavy (non-hydrogen) atoms. The zero-order valence-electron chi connectivity index (χ0n) is 13.2. The number of nitrogens with two attached hydrogens (primary N) is 2. The maximum absolute atomic E-state index is 6.69. The highest BCUT2D eigenvalue weighted by atomic mass is 35.5. The fourth-order valence-electron chi connectivity index (χ4n) is 3.70. The summed E-state index contributed by atoms with van der Waals surface area (Å²) in [5.74, 6) is 0. The highest BCUT2D eigenvalue weighted by molar-refractivity contribution is 5.85. The molecule has 120 valence electrons. The average Bonchev–Trinajstić information content (AvgIpc) is 2.58. The van der Waals surface area contributed by atoms with E-state index in [2.05, 4.69) is 57.2 Å². The van der Waals surface area contributed by atoms with Crippen molar-refractivity contribution in [3.8, 4) is 0 Å². The van der Waals surface area contributed by atoms with Gasteiger partial charge in [-0.2, -0.15) is 0 Å². The first-order valence-corrected chi connectivity index (χ1v) is 7.07. The normalized spacial score (nSPS) is 23.9. The van der Waals surface area contributed by atoms with Crippen LogP contribution in [0.15, 0.2) is 54.6 Å². The fourth-order valence-corrected chi connectivity index (χ4v) is 3.70. The van der Waals surface area contributed by atoms with Crippen LogP contribution in [-0.4, -0.2) is 5.66 Å². The molecule has 1 unspecified atom stereocenters. The van der Waals surface area contributed by atoms with Gasteiger partial charge >= 0.3 is 0 Å². The molecule has 0 fully saturated rings. The molecule has 1 atom stereocenters. The van der Waals surface area contributed by atoms with Crippen molar-refractivity contribution in [3.05, 3.63) is 71.3 Å². The minimum absolute atomic E-state index is 0. The number of hydrogen-bond acceptors (Lipinski definition) is 2. The van der Waals surface area contributed by atoms with Crippen LogP contribution in [0.3, 0.4) is 0 Å². The highest BCUT2D eigenvalue weighted by Gasteiger charge is 2.61. The highest BCUT2D eigenvalue weighted by Crippen LogP contribution is 2.55. The summed E-state index contributed by atoms with van der Waals surface area (Å²) in [4.78, 5) is 0. The number of halogens is 2. The molecule has 2 aromatic carbocycles. The Hall–Kier alpha value is -1.06. The lowest BCUT2D eigenvalue weighted by Gasteiger charge is -2.46. The SMILES string of the molecule is CC1(C)c2ccccc2C(C)(c2ccccc2)C1(N)N.Cl.Cl. The van der Waals surface area contributed by atoms with Gasteiger partial charge in [0.1, 0.15) is 0 Å². The van der Waals surface area contributed by atoms with E-state index in [4.69, 9.17) is 11.5 Å². The largest absolute Gasteiger partial charge is 0.312 e. The van der Waals surface area contributed by atoms with Gasteiger partial charge in [-0.15, -0.1) is 24.8 Å². The molecule has 3 rings (SSSR count). The Balaban J connectivity index is 0.00000121. The second kappa shape index (κ2) is 5.86. The van der Waals surface area contributed by atoms with E-state index in [1.165, 1.54) is 16.7 Å². The third-order valence-corrected chi connectivity index (χ3v) is 5.35. The molecular weight excluding hydrogens is 315 g/mol. The molecule has 0 radical (unpaired) electrons. The smallest absolute Gasteiger partial charge is 0.0868 e. The molecule has 0 heterocycles. The fraction of sp³-hybridized carbons (Fsp3) is 0.333. The van der Waals surface area contributed by atoms with Crippen molar-refractivity contribution in [3.63, 3.8) is 0 Å². The van der Waals surface area contributed by atoms with Crippen molar-refractivity contribution in [2.45, 2.75) is 37.3 Å². The van der Waals surface area contributed by atoms with Gasteiger partial charge in [0.05, 0.1) is 5.66 Å². The maximum Gasteiger partial charge on any atom is 0.0868 e. The Bertz CT molecular complexity index is 653. The molecule has 0 saturated carbocycles. The second-order valence-electron chi connectivity index (χ2n) is 6.53. The Morgan fingerprint density at radius 1 is 0.682 bits per heavy atom. The van der Waals surface area contributed by atoms with Gasteiger partial charge in [0, 0.05) is 10.8 Å². The average molecular weight is 339 g/mol. The summed E-state index contributed by atoms with van der Waals surface area (Å²) in [7, 11) is 0. The summed E-state index contributed by atoms with van der Waals surface area (Å²) in [5.41, 5.74) is 15.5. The lowest BCUT2D eigenvalue weighted by atomic mass is 9.66. The van der Waals surface area contributed by atoms with E-state index in [9.17, 15) is 0 Å². The van der Waals surface area contributed by atoms with Crippen molar-refractivity contribution in [1.82, 2.24) is 0 Å². The van der Waals surface area contributed by atoms with Crippen LogP contribution in [0.4, 0.5) is 0 Å². The quantitative estimate of drug-likeness (QED) is 0.778. The van der Waals surface area contributed by atoms with Gasteiger partial charge in [-0.3, -0.25) is 0 Å². The predicted molar refractivity (Wildman–Crippen MR) is 98.0 cm³/mol. The standard InChI is InChI=1S/C18H22N2.2ClH/c1-16(2)14-11-7-8-12-15(14)17(3,18(16,19)20)13-9-5-4-6-10-13;;/h4-12H,19-20H2,1-3H3;2*1H. The Morgan fingerprint density at radius 2 is 1.14 bits per heavy atom. The molecule has 1 aliphatic carbocycles. The molecule has 0 spiro atoms. The summed E-state index contributed by atoms with van der Waals surface area (Å²) in [5, 5.41) is 0. The molecule has 0 bridgehead atoms. The minimum atomic E-state index is -0.842. The molecule has 0 amide bonds. The summed E-state index contributed by atoms with van der Waals surface area (Å²) >= 11 is 0. The summed E-state index contributed by atoms with van der Waals surface area (Å²) < 4.78 is 0. The zero-order chi connectivity index (χ0) is 14.6. The first-order chi connectivity index (χ1) is 9.33. The van der Waals surface area contributed by atoms with E-state index in [0.717, 1.165) is 0 Å². The number of hydrogen-bond donors (Lipinski definition) is 2. The van der Waals surface area contributed by atoms with Gasteiger partial charge in [0.15, 0.2) is 0 Å². The second-order valence-corrected chi connectivity index (χ2v) is 6.53. The lowest BCUT2D eigenvalue weighted by molar-refractivity contribution is 0.205. The monoisotopic (exact) mass is 338 g/mol. The molecule has 0 aliphatic heterocycles. The molecule has 2 aromatic rings. The van der Waals surface area contributed by atoms with E-state index in [1.54, 1.807) is 0 Å². The van der Waals surface area contributed by atoms with Gasteiger partial charge in [-0.1, -0.05) is 68.4 Å². The van der Waals surface area contributed by atoms with Gasteiger partial charge in [-0.25, -0.2) is 0 Å². The van der Waals surface area contributed by atoms with Crippen LogP contribution in [0.2, 0.25) is 0 Å². The zero-order valence-corrected chi connectivity index (χ0v) is 14.8. The van der Waals surface area contributed by atoms with E-state index in [1.807, 2.05) is 18.2 Å². The molecular formula is C18H24Cl2N2. The lowest BCUT2D eigenvalue weighted by Crippen LogP contribution is -2.69. The number of rotatable bonds is 1. The summed E-state index contributed by atoms with van der Waals surface area (Å²) in [6.45, 7) is 6.44. The van der Waals surface area contributed by atoms with Crippen LogP contribution in [-0.2, 0) is 10.8 Å². The first-order valence-electron chi connectivity index (χ1n) is 7.07. The molecule has 4 N–H and O–H groups in total. The van der Waals surface area contributed by atoms with Crippen LogP contribution < -0.4 is 11.5 Å². The van der Waals surface area contributed by atoms with Crippen LogP contribution in [0.25, 0.3) is 0 Å².